The molecule has 1 atom stereocenters. The van der Waals surface area contributed by atoms with Gasteiger partial charge in [0.2, 0.25) is 5.91 Å². The molecular formula is C16H21N3OS. The first kappa shape index (κ1) is 15.7. The first-order valence-electron chi connectivity index (χ1n) is 7.01. The Bertz CT molecular complexity index is 582. The maximum atomic E-state index is 12.3. The van der Waals surface area contributed by atoms with Crippen LogP contribution >= 0.6 is 11.3 Å². The van der Waals surface area contributed by atoms with Crippen LogP contribution in [-0.2, 0) is 17.8 Å². The summed E-state index contributed by atoms with van der Waals surface area (Å²) >= 11 is 1.57. The van der Waals surface area contributed by atoms with E-state index in [1.807, 2.05) is 25.1 Å². The molecule has 1 unspecified atom stereocenters. The Hall–Kier alpha value is -1.72. The molecule has 1 aromatic heterocycles. The van der Waals surface area contributed by atoms with Crippen LogP contribution in [0.15, 0.2) is 35.8 Å². The SMILES string of the molecule is Cc1ncsc1CN(C)C(=O)C(N)CCc1ccccc1. The van der Waals surface area contributed by atoms with Crippen molar-refractivity contribution in [1.82, 2.24) is 9.88 Å². The first-order valence-corrected chi connectivity index (χ1v) is 7.89. The van der Waals surface area contributed by atoms with Crippen molar-refractivity contribution < 1.29 is 4.79 Å². The Kier molecular flexibility index (Phi) is 5.47. The number of benzene rings is 1. The van der Waals surface area contributed by atoms with Crippen LogP contribution in [0, 0.1) is 6.92 Å². The highest BCUT2D eigenvalue weighted by molar-refractivity contribution is 7.09. The number of nitrogens with two attached hydrogens (primary N) is 1. The number of nitrogens with zero attached hydrogens (tertiary/aromatic N) is 2. The second-order valence-corrected chi connectivity index (χ2v) is 6.13. The highest BCUT2D eigenvalue weighted by Gasteiger charge is 2.19. The normalized spacial score (nSPS) is 12.1. The van der Waals surface area contributed by atoms with Gasteiger partial charge in [-0.2, -0.15) is 0 Å². The number of hydrogen-bond donors (Lipinski definition) is 1. The molecule has 2 aromatic rings. The van der Waals surface area contributed by atoms with Crippen molar-refractivity contribution in [2.45, 2.75) is 32.4 Å². The highest BCUT2D eigenvalue weighted by Crippen LogP contribution is 2.15. The molecule has 21 heavy (non-hydrogen) atoms. The van der Waals surface area contributed by atoms with Crippen LogP contribution in [0.1, 0.15) is 22.6 Å². The van der Waals surface area contributed by atoms with Gasteiger partial charge >= 0.3 is 0 Å². The molecular weight excluding hydrogens is 282 g/mol. The van der Waals surface area contributed by atoms with Crippen LogP contribution in [0.4, 0.5) is 0 Å². The molecule has 2 N–H and O–H groups in total. The Morgan fingerprint density at radius 1 is 1.38 bits per heavy atom. The molecule has 0 saturated heterocycles. The first-order chi connectivity index (χ1) is 10.1. The summed E-state index contributed by atoms with van der Waals surface area (Å²) in [5, 5.41) is 0. The molecule has 0 bridgehead atoms. The lowest BCUT2D eigenvalue weighted by Gasteiger charge is -2.21. The van der Waals surface area contributed by atoms with Crippen LogP contribution in [0.2, 0.25) is 0 Å². The summed E-state index contributed by atoms with van der Waals surface area (Å²) in [6.45, 7) is 2.54. The molecule has 112 valence electrons. The minimum atomic E-state index is -0.455. The van der Waals surface area contributed by atoms with E-state index in [-0.39, 0.29) is 5.91 Å². The number of hydrogen-bond acceptors (Lipinski definition) is 4. The lowest BCUT2D eigenvalue weighted by Crippen LogP contribution is -2.41. The third-order valence-corrected chi connectivity index (χ3v) is 4.43. The average Bonchev–Trinajstić information content (AvgIpc) is 2.90. The molecule has 0 saturated carbocycles. The second kappa shape index (κ2) is 7.33. The number of aryl methyl sites for hydroxylation is 2. The molecule has 0 aliphatic rings. The fourth-order valence-corrected chi connectivity index (χ4v) is 2.97. The molecule has 1 amide bonds. The lowest BCUT2D eigenvalue weighted by molar-refractivity contribution is -0.131. The Morgan fingerprint density at radius 2 is 2.10 bits per heavy atom. The second-order valence-electron chi connectivity index (χ2n) is 5.19. The molecule has 5 heteroatoms. The third-order valence-electron chi connectivity index (χ3n) is 3.51. The summed E-state index contributed by atoms with van der Waals surface area (Å²) in [7, 11) is 1.80. The minimum absolute atomic E-state index is 0.0151. The van der Waals surface area contributed by atoms with E-state index < -0.39 is 6.04 Å². The van der Waals surface area contributed by atoms with Gasteiger partial charge in [-0.15, -0.1) is 11.3 Å². The standard InChI is InChI=1S/C16H21N3OS/c1-12-15(21-11-18-12)10-19(2)16(20)14(17)9-8-13-6-4-3-5-7-13/h3-7,11,14H,8-10,17H2,1-2H3. The van der Waals surface area contributed by atoms with Crippen LogP contribution in [0.3, 0.4) is 0 Å². The molecule has 1 heterocycles. The average molecular weight is 303 g/mol. The fourth-order valence-electron chi connectivity index (χ4n) is 2.14. The van der Waals surface area contributed by atoms with Crippen LogP contribution in [-0.4, -0.2) is 28.9 Å². The summed E-state index contributed by atoms with van der Waals surface area (Å²) in [5.41, 5.74) is 10.0. The van der Waals surface area contributed by atoms with Crippen molar-refractivity contribution in [3.63, 3.8) is 0 Å². The summed E-state index contributed by atoms with van der Waals surface area (Å²) in [4.78, 5) is 19.3. The maximum absolute atomic E-state index is 12.3. The lowest BCUT2D eigenvalue weighted by atomic mass is 10.1. The topological polar surface area (TPSA) is 59.2 Å². The largest absolute Gasteiger partial charge is 0.339 e. The third kappa shape index (κ3) is 4.37. The summed E-state index contributed by atoms with van der Waals surface area (Å²) in [6.07, 6.45) is 1.48. The van der Waals surface area contributed by atoms with Gasteiger partial charge in [0.25, 0.3) is 0 Å². The van der Waals surface area contributed by atoms with E-state index in [1.165, 1.54) is 5.56 Å². The summed E-state index contributed by atoms with van der Waals surface area (Å²) < 4.78 is 0. The van der Waals surface area contributed by atoms with E-state index in [1.54, 1.807) is 28.8 Å². The number of rotatable bonds is 6. The number of aromatic nitrogens is 1. The fraction of sp³-hybridized carbons (Fsp3) is 0.375. The van der Waals surface area contributed by atoms with Crippen molar-refractivity contribution >= 4 is 17.2 Å². The molecule has 0 spiro atoms. The molecule has 4 nitrogen and oxygen atoms in total. The predicted octanol–water partition coefficient (Wildman–Crippen LogP) is 2.37. The van der Waals surface area contributed by atoms with Crippen LogP contribution < -0.4 is 5.73 Å². The number of thiazole rings is 1. The van der Waals surface area contributed by atoms with Gasteiger partial charge in [0.05, 0.1) is 23.8 Å². The number of likely N-dealkylation sites (N-methyl/N-ethyl adjacent to an activating group) is 1. The molecule has 0 aliphatic heterocycles. The van der Waals surface area contributed by atoms with Gasteiger partial charge in [0.15, 0.2) is 0 Å². The zero-order valence-corrected chi connectivity index (χ0v) is 13.3. The van der Waals surface area contributed by atoms with Crippen LogP contribution in [0.5, 0.6) is 0 Å². The Labute approximate surface area is 129 Å². The molecule has 2 rings (SSSR count). The van der Waals surface area contributed by atoms with Gasteiger partial charge in [-0.25, -0.2) is 4.98 Å². The van der Waals surface area contributed by atoms with Gasteiger partial charge in [-0.1, -0.05) is 30.3 Å². The molecule has 1 aromatic carbocycles. The van der Waals surface area contributed by atoms with Gasteiger partial charge in [-0.05, 0) is 25.3 Å². The van der Waals surface area contributed by atoms with E-state index in [0.717, 1.165) is 17.0 Å². The number of amides is 1. The zero-order chi connectivity index (χ0) is 15.2. The number of carbonyl (C=O) groups is 1. The molecule has 0 aliphatic carbocycles. The quantitative estimate of drug-likeness (QED) is 0.891. The highest BCUT2D eigenvalue weighted by atomic mass is 32.1. The van der Waals surface area contributed by atoms with Crippen molar-refractivity contribution in [1.29, 1.82) is 0 Å². The summed E-state index contributed by atoms with van der Waals surface area (Å²) in [5.74, 6) is -0.0151. The van der Waals surface area contributed by atoms with Gasteiger partial charge in [0.1, 0.15) is 0 Å². The Morgan fingerprint density at radius 3 is 2.71 bits per heavy atom. The van der Waals surface area contributed by atoms with E-state index in [9.17, 15) is 4.79 Å². The van der Waals surface area contributed by atoms with Crippen LogP contribution in [0.25, 0.3) is 0 Å². The minimum Gasteiger partial charge on any atom is -0.339 e. The van der Waals surface area contributed by atoms with E-state index in [0.29, 0.717) is 13.0 Å². The van der Waals surface area contributed by atoms with Gasteiger partial charge in [-0.3, -0.25) is 4.79 Å². The summed E-state index contributed by atoms with van der Waals surface area (Å²) in [6, 6.07) is 9.65. The van der Waals surface area contributed by atoms with Crippen molar-refractivity contribution in [3.8, 4) is 0 Å². The van der Waals surface area contributed by atoms with E-state index in [4.69, 9.17) is 5.73 Å². The van der Waals surface area contributed by atoms with E-state index >= 15 is 0 Å². The van der Waals surface area contributed by atoms with Crippen molar-refractivity contribution in [3.05, 3.63) is 52.0 Å². The zero-order valence-electron chi connectivity index (χ0n) is 12.5. The number of carbonyl (C=O) groups excluding carboxylic acids is 1. The maximum Gasteiger partial charge on any atom is 0.239 e. The smallest absolute Gasteiger partial charge is 0.239 e. The predicted molar refractivity (Wildman–Crippen MR) is 86.1 cm³/mol. The Balaban J connectivity index is 1.85. The van der Waals surface area contributed by atoms with Crippen molar-refractivity contribution in [2.24, 2.45) is 5.73 Å². The van der Waals surface area contributed by atoms with Gasteiger partial charge in [0, 0.05) is 11.9 Å². The van der Waals surface area contributed by atoms with Crippen molar-refractivity contribution in [2.75, 3.05) is 7.05 Å². The molecule has 0 radical (unpaired) electrons. The van der Waals surface area contributed by atoms with Gasteiger partial charge < -0.3 is 10.6 Å². The monoisotopic (exact) mass is 303 g/mol. The molecule has 0 fully saturated rings. The van der Waals surface area contributed by atoms with E-state index in [2.05, 4.69) is 17.1 Å².